The third-order valence-corrected chi connectivity index (χ3v) is 7.17. The molecule has 1 aromatic carbocycles. The molecule has 1 aromatic heterocycles. The van der Waals surface area contributed by atoms with E-state index in [0.29, 0.717) is 48.1 Å². The van der Waals surface area contributed by atoms with E-state index in [9.17, 15) is 22.0 Å². The average Bonchev–Trinajstić information content (AvgIpc) is 3.10. The average molecular weight is 495 g/mol. The Morgan fingerprint density at radius 2 is 1.71 bits per heavy atom. The molecule has 1 saturated carbocycles. The van der Waals surface area contributed by atoms with E-state index < -0.39 is 35.5 Å². The van der Waals surface area contributed by atoms with Gasteiger partial charge in [-0.05, 0) is 62.8 Å². The molecule has 0 saturated heterocycles. The van der Waals surface area contributed by atoms with Crippen molar-refractivity contribution in [2.75, 3.05) is 0 Å². The Bertz CT molecular complexity index is 1150. The molecule has 4 rings (SSSR count). The second-order valence-corrected chi connectivity index (χ2v) is 9.51. The zero-order chi connectivity index (χ0) is 25.6. The Kier molecular flexibility index (Phi) is 6.46. The lowest BCUT2D eigenvalue weighted by Crippen LogP contribution is -2.44. The van der Waals surface area contributed by atoms with Gasteiger partial charge in [0.25, 0.3) is 0 Å². The summed E-state index contributed by atoms with van der Waals surface area (Å²) < 4.78 is 70.1. The molecule has 1 unspecified atom stereocenters. The maximum atomic E-state index is 13.3. The number of aryl methyl sites for hydroxylation is 1. The number of rotatable bonds is 5. The van der Waals surface area contributed by atoms with Gasteiger partial charge in [0.1, 0.15) is 5.84 Å². The highest BCUT2D eigenvalue weighted by molar-refractivity contribution is 6.41. The highest BCUT2D eigenvalue weighted by Gasteiger charge is 2.54. The number of ether oxygens (including phenoxy) is 1. The largest absolute Gasteiger partial charge is 0.417 e. The Morgan fingerprint density at radius 3 is 2.29 bits per heavy atom. The minimum Gasteiger partial charge on any atom is -0.382 e. The summed E-state index contributed by atoms with van der Waals surface area (Å²) in [6, 6.07) is 6.40. The molecule has 0 radical (unpaired) electrons. The van der Waals surface area contributed by atoms with Crippen molar-refractivity contribution in [1.82, 2.24) is 4.98 Å². The summed E-state index contributed by atoms with van der Waals surface area (Å²) in [5, 5.41) is 0. The standard InChI is InChI=1S/C25H27F5N4O/c1-14-4-5-16(17-10-18(13-32-12-17)25(28,29)30)11-20(14)24(33-15(2)21(31)34-24)23(3)8-6-19(7-9-23)35-22(26)27/h4-5,10-13,19,22H,6-9H2,1-3H3,(H2,31,34). The zero-order valence-corrected chi connectivity index (χ0v) is 19.7. The van der Waals surface area contributed by atoms with E-state index in [4.69, 9.17) is 20.5 Å². The molecule has 1 aliphatic carbocycles. The third kappa shape index (κ3) is 4.68. The van der Waals surface area contributed by atoms with Gasteiger partial charge in [0.05, 0.1) is 17.4 Å². The van der Waals surface area contributed by atoms with Gasteiger partial charge in [0, 0.05) is 28.9 Å². The van der Waals surface area contributed by atoms with Crippen LogP contribution in [0.2, 0.25) is 0 Å². The van der Waals surface area contributed by atoms with Crippen LogP contribution < -0.4 is 5.73 Å². The molecule has 10 heteroatoms. The number of hydrogen-bond acceptors (Lipinski definition) is 5. The van der Waals surface area contributed by atoms with Crippen LogP contribution in [0.15, 0.2) is 46.6 Å². The minimum atomic E-state index is -4.52. The van der Waals surface area contributed by atoms with E-state index in [-0.39, 0.29) is 5.84 Å². The smallest absolute Gasteiger partial charge is 0.382 e. The molecule has 2 aliphatic rings. The normalized spacial score (nSPS) is 27.2. The van der Waals surface area contributed by atoms with Crippen molar-refractivity contribution in [1.29, 1.82) is 0 Å². The van der Waals surface area contributed by atoms with Crippen LogP contribution in [-0.4, -0.2) is 29.2 Å². The van der Waals surface area contributed by atoms with Crippen LogP contribution in [0.4, 0.5) is 22.0 Å². The fourth-order valence-electron chi connectivity index (χ4n) is 5.08. The van der Waals surface area contributed by atoms with Gasteiger partial charge >= 0.3 is 12.8 Å². The topological polar surface area (TPSA) is 72.9 Å². The number of benzene rings is 1. The molecule has 5 nitrogen and oxygen atoms in total. The molecule has 188 valence electrons. The second-order valence-electron chi connectivity index (χ2n) is 9.51. The van der Waals surface area contributed by atoms with Crippen molar-refractivity contribution in [3.8, 4) is 11.1 Å². The molecule has 2 N–H and O–H groups in total. The number of hydrogen-bond donors (Lipinski definition) is 1. The predicted molar refractivity (Wildman–Crippen MR) is 123 cm³/mol. The van der Waals surface area contributed by atoms with Crippen molar-refractivity contribution in [3.05, 3.63) is 53.3 Å². The molecular weight excluding hydrogens is 467 g/mol. The first kappa shape index (κ1) is 25.2. The van der Waals surface area contributed by atoms with Crippen LogP contribution in [0.1, 0.15) is 56.2 Å². The molecule has 0 bridgehead atoms. The molecule has 1 atom stereocenters. The molecular formula is C25H27F5N4O. The molecule has 1 aliphatic heterocycles. The Balaban J connectivity index is 1.80. The van der Waals surface area contributed by atoms with Crippen molar-refractivity contribution in [2.45, 2.75) is 71.0 Å². The van der Waals surface area contributed by atoms with Crippen LogP contribution in [0.5, 0.6) is 0 Å². The lowest BCUT2D eigenvalue weighted by Gasteiger charge is -2.47. The number of halogens is 5. The van der Waals surface area contributed by atoms with Crippen LogP contribution in [0.25, 0.3) is 11.1 Å². The quantitative estimate of drug-likeness (QED) is 0.500. The molecule has 0 amide bonds. The number of pyridine rings is 1. The highest BCUT2D eigenvalue weighted by atomic mass is 19.4. The molecule has 35 heavy (non-hydrogen) atoms. The van der Waals surface area contributed by atoms with Crippen molar-refractivity contribution >= 4 is 11.5 Å². The summed E-state index contributed by atoms with van der Waals surface area (Å²) in [5.41, 5.74) is 6.59. The fourth-order valence-corrected chi connectivity index (χ4v) is 5.08. The van der Waals surface area contributed by atoms with Gasteiger partial charge in [-0.1, -0.05) is 19.1 Å². The maximum Gasteiger partial charge on any atom is 0.417 e. The fraction of sp³-hybridized carbons (Fsp3) is 0.480. The number of alkyl halides is 5. The lowest BCUT2D eigenvalue weighted by atomic mass is 9.63. The third-order valence-electron chi connectivity index (χ3n) is 7.17. The number of aromatic nitrogens is 1. The van der Waals surface area contributed by atoms with Crippen molar-refractivity contribution in [2.24, 2.45) is 21.1 Å². The van der Waals surface area contributed by atoms with E-state index in [1.165, 1.54) is 6.20 Å². The van der Waals surface area contributed by atoms with Gasteiger partial charge in [-0.3, -0.25) is 9.98 Å². The van der Waals surface area contributed by atoms with Gasteiger partial charge in [0.2, 0.25) is 0 Å². The maximum absolute atomic E-state index is 13.3. The summed E-state index contributed by atoms with van der Waals surface area (Å²) in [6.45, 7) is 2.81. The predicted octanol–water partition coefficient (Wildman–Crippen LogP) is 6.25. The first-order chi connectivity index (χ1) is 16.3. The van der Waals surface area contributed by atoms with E-state index in [1.807, 2.05) is 19.9 Å². The van der Waals surface area contributed by atoms with Crippen LogP contribution in [0, 0.1) is 12.3 Å². The monoisotopic (exact) mass is 494 g/mol. The van der Waals surface area contributed by atoms with Crippen LogP contribution >= 0.6 is 0 Å². The van der Waals surface area contributed by atoms with E-state index >= 15 is 0 Å². The molecule has 1 fully saturated rings. The lowest BCUT2D eigenvalue weighted by molar-refractivity contribution is -0.177. The van der Waals surface area contributed by atoms with E-state index in [1.54, 1.807) is 19.1 Å². The second kappa shape index (κ2) is 8.96. The van der Waals surface area contributed by atoms with Crippen molar-refractivity contribution < 1.29 is 26.7 Å². The highest BCUT2D eigenvalue weighted by Crippen LogP contribution is 2.56. The summed E-state index contributed by atoms with van der Waals surface area (Å²) in [7, 11) is 0. The Hall–Kier alpha value is -2.88. The van der Waals surface area contributed by atoms with Gasteiger partial charge in [-0.15, -0.1) is 0 Å². The number of aliphatic imine (C=N–C) groups is 2. The van der Waals surface area contributed by atoms with E-state index in [2.05, 4.69) is 4.98 Å². The number of amidine groups is 1. The molecule has 0 spiro atoms. The Labute approximate surface area is 200 Å². The van der Waals surface area contributed by atoms with Crippen LogP contribution in [0.3, 0.4) is 0 Å². The van der Waals surface area contributed by atoms with Gasteiger partial charge in [-0.2, -0.15) is 22.0 Å². The summed E-state index contributed by atoms with van der Waals surface area (Å²) in [5.74, 6) is 0.280. The van der Waals surface area contributed by atoms with Gasteiger partial charge < -0.3 is 10.5 Å². The minimum absolute atomic E-state index is 0.280. The van der Waals surface area contributed by atoms with E-state index in [0.717, 1.165) is 17.8 Å². The summed E-state index contributed by atoms with van der Waals surface area (Å²) in [6.07, 6.45) is -1.08. The Morgan fingerprint density at radius 1 is 1.03 bits per heavy atom. The molecule has 2 aromatic rings. The van der Waals surface area contributed by atoms with Gasteiger partial charge in [-0.25, -0.2) is 4.99 Å². The zero-order valence-electron chi connectivity index (χ0n) is 19.7. The number of nitrogens with zero attached hydrogens (tertiary/aromatic N) is 3. The SMILES string of the molecule is CC1=NC(c2cc(-c3cncc(C(F)(F)F)c3)ccc2C)(C2(C)CCC(OC(F)F)CC2)N=C1N. The number of nitrogens with two attached hydrogens (primary N) is 1. The van der Waals surface area contributed by atoms with Crippen molar-refractivity contribution in [3.63, 3.8) is 0 Å². The summed E-state index contributed by atoms with van der Waals surface area (Å²) in [4.78, 5) is 13.5. The summed E-state index contributed by atoms with van der Waals surface area (Å²) >= 11 is 0. The van der Waals surface area contributed by atoms with Gasteiger partial charge in [0.15, 0.2) is 5.66 Å². The molecule has 2 heterocycles. The van der Waals surface area contributed by atoms with Crippen LogP contribution in [-0.2, 0) is 16.6 Å². The first-order valence-electron chi connectivity index (χ1n) is 11.3. The first-order valence-corrected chi connectivity index (χ1v) is 11.3.